The number of aliphatic hydroxyl groups is 1. The Kier molecular flexibility index (Phi) is 8.20. The zero-order chi connectivity index (χ0) is 24.0. The Morgan fingerprint density at radius 2 is 2.03 bits per heavy atom. The third-order valence-corrected chi connectivity index (χ3v) is 5.90. The van der Waals surface area contributed by atoms with Gasteiger partial charge in [-0.25, -0.2) is 9.59 Å². The Balaban J connectivity index is 1.64. The lowest BCUT2D eigenvalue weighted by atomic mass is 10.0. The zero-order valence-corrected chi connectivity index (χ0v) is 19.3. The van der Waals surface area contributed by atoms with Crippen molar-refractivity contribution in [2.75, 3.05) is 13.2 Å². The SMILES string of the molecule is O=C(O)c1cccc(CCCN2C(=O)OCC[C@@H]2/C=C/[C@@H](O)C(F)(F)c2cccc(Br)c2)c1. The molecular formula is C24H24BrF2NO5. The van der Waals surface area contributed by atoms with Crippen LogP contribution in [0.5, 0.6) is 0 Å². The second kappa shape index (κ2) is 10.9. The van der Waals surface area contributed by atoms with Crippen LogP contribution < -0.4 is 0 Å². The summed E-state index contributed by atoms with van der Waals surface area (Å²) in [4.78, 5) is 24.8. The molecule has 1 aliphatic rings. The van der Waals surface area contributed by atoms with Crippen molar-refractivity contribution in [2.24, 2.45) is 0 Å². The molecule has 6 nitrogen and oxygen atoms in total. The number of aryl methyl sites for hydroxylation is 1. The smallest absolute Gasteiger partial charge is 0.410 e. The van der Waals surface area contributed by atoms with Gasteiger partial charge < -0.3 is 19.8 Å². The number of carbonyl (C=O) groups excluding carboxylic acids is 1. The van der Waals surface area contributed by atoms with Crippen molar-refractivity contribution in [1.29, 1.82) is 0 Å². The summed E-state index contributed by atoms with van der Waals surface area (Å²) in [6.07, 6.45) is 1.29. The quantitative estimate of drug-likeness (QED) is 0.451. The van der Waals surface area contributed by atoms with Gasteiger partial charge in [0.25, 0.3) is 0 Å². The van der Waals surface area contributed by atoms with Gasteiger partial charge in [0.15, 0.2) is 0 Å². The maximum absolute atomic E-state index is 14.7. The molecule has 1 heterocycles. The topological polar surface area (TPSA) is 87.1 Å². The van der Waals surface area contributed by atoms with E-state index in [2.05, 4.69) is 15.9 Å². The summed E-state index contributed by atoms with van der Waals surface area (Å²) in [5, 5.41) is 19.3. The highest BCUT2D eigenvalue weighted by atomic mass is 79.9. The molecule has 0 aliphatic carbocycles. The van der Waals surface area contributed by atoms with Crippen molar-refractivity contribution >= 4 is 28.0 Å². The van der Waals surface area contributed by atoms with Crippen LogP contribution in [0.1, 0.15) is 34.3 Å². The van der Waals surface area contributed by atoms with Gasteiger partial charge in [0.2, 0.25) is 0 Å². The molecule has 1 amide bonds. The van der Waals surface area contributed by atoms with Crippen LogP contribution in [0, 0.1) is 0 Å². The molecule has 1 saturated heterocycles. The van der Waals surface area contributed by atoms with Gasteiger partial charge in [-0.3, -0.25) is 0 Å². The van der Waals surface area contributed by atoms with E-state index in [1.54, 1.807) is 24.3 Å². The molecule has 2 N–H and O–H groups in total. The Morgan fingerprint density at radius 3 is 2.76 bits per heavy atom. The van der Waals surface area contributed by atoms with E-state index >= 15 is 0 Å². The van der Waals surface area contributed by atoms with Gasteiger partial charge in [-0.15, -0.1) is 0 Å². The number of rotatable bonds is 9. The first kappa shape index (κ1) is 24.9. The predicted octanol–water partition coefficient (Wildman–Crippen LogP) is 5.00. The van der Waals surface area contributed by atoms with Gasteiger partial charge in [-0.05, 0) is 42.7 Å². The molecule has 2 atom stereocenters. The molecule has 1 aliphatic heterocycles. The number of hydrogen-bond donors (Lipinski definition) is 2. The third kappa shape index (κ3) is 6.39. The number of carbonyl (C=O) groups is 2. The molecule has 1 fully saturated rings. The number of nitrogens with zero attached hydrogens (tertiary/aromatic N) is 1. The summed E-state index contributed by atoms with van der Waals surface area (Å²) in [7, 11) is 0. The summed E-state index contributed by atoms with van der Waals surface area (Å²) >= 11 is 3.15. The summed E-state index contributed by atoms with van der Waals surface area (Å²) in [5.74, 6) is -4.52. The summed E-state index contributed by atoms with van der Waals surface area (Å²) in [5.41, 5.74) is 0.681. The summed E-state index contributed by atoms with van der Waals surface area (Å²) in [6, 6.07) is 11.6. The summed E-state index contributed by atoms with van der Waals surface area (Å²) in [6.45, 7) is 0.451. The molecule has 0 saturated carbocycles. The van der Waals surface area contributed by atoms with Gasteiger partial charge in [0.1, 0.15) is 6.10 Å². The Morgan fingerprint density at radius 1 is 1.27 bits per heavy atom. The molecule has 3 rings (SSSR count). The van der Waals surface area contributed by atoms with Crippen LogP contribution in [0.4, 0.5) is 13.6 Å². The maximum atomic E-state index is 14.7. The lowest BCUT2D eigenvalue weighted by Gasteiger charge is -2.33. The maximum Gasteiger partial charge on any atom is 0.410 e. The highest BCUT2D eigenvalue weighted by molar-refractivity contribution is 9.10. The van der Waals surface area contributed by atoms with Gasteiger partial charge in [0.05, 0.1) is 18.2 Å². The lowest BCUT2D eigenvalue weighted by molar-refractivity contribution is -0.0930. The number of benzene rings is 2. The van der Waals surface area contributed by atoms with Gasteiger partial charge >= 0.3 is 18.0 Å². The van der Waals surface area contributed by atoms with Crippen molar-refractivity contribution in [3.8, 4) is 0 Å². The van der Waals surface area contributed by atoms with E-state index in [9.17, 15) is 23.5 Å². The van der Waals surface area contributed by atoms with E-state index in [1.165, 1.54) is 35.2 Å². The fourth-order valence-electron chi connectivity index (χ4n) is 3.63. The van der Waals surface area contributed by atoms with Crippen molar-refractivity contribution in [1.82, 2.24) is 4.90 Å². The highest BCUT2D eigenvalue weighted by Gasteiger charge is 2.39. The molecule has 9 heteroatoms. The fourth-order valence-corrected chi connectivity index (χ4v) is 4.03. The largest absolute Gasteiger partial charge is 0.478 e. The van der Waals surface area contributed by atoms with Crippen molar-refractivity contribution in [2.45, 2.75) is 37.3 Å². The van der Waals surface area contributed by atoms with Crippen LogP contribution in [0.2, 0.25) is 0 Å². The Labute approximate surface area is 198 Å². The zero-order valence-electron chi connectivity index (χ0n) is 17.7. The number of amides is 1. The minimum atomic E-state index is -3.50. The molecule has 0 unspecified atom stereocenters. The minimum absolute atomic E-state index is 0.156. The second-order valence-corrected chi connectivity index (χ2v) is 8.65. The molecule has 0 spiro atoms. The van der Waals surface area contributed by atoms with Crippen molar-refractivity contribution in [3.63, 3.8) is 0 Å². The molecular weight excluding hydrogens is 500 g/mol. The molecule has 176 valence electrons. The van der Waals surface area contributed by atoms with E-state index in [-0.39, 0.29) is 17.7 Å². The van der Waals surface area contributed by atoms with Crippen LogP contribution in [-0.4, -0.2) is 52.5 Å². The average Bonchev–Trinajstić information content (AvgIpc) is 2.79. The van der Waals surface area contributed by atoms with E-state index < -0.39 is 30.1 Å². The van der Waals surface area contributed by atoms with Crippen LogP contribution in [-0.2, 0) is 17.1 Å². The minimum Gasteiger partial charge on any atom is -0.478 e. The van der Waals surface area contributed by atoms with Gasteiger partial charge in [-0.2, -0.15) is 8.78 Å². The van der Waals surface area contributed by atoms with Crippen molar-refractivity contribution in [3.05, 3.63) is 81.8 Å². The number of halogens is 3. The molecule has 0 bridgehead atoms. The Bertz CT molecular complexity index is 1030. The van der Waals surface area contributed by atoms with E-state index in [0.717, 1.165) is 11.6 Å². The third-order valence-electron chi connectivity index (χ3n) is 5.41. The highest BCUT2D eigenvalue weighted by Crippen LogP contribution is 2.34. The molecule has 0 radical (unpaired) electrons. The lowest BCUT2D eigenvalue weighted by Crippen LogP contribution is -2.45. The monoisotopic (exact) mass is 523 g/mol. The molecule has 2 aromatic rings. The number of carboxylic acid groups (broad SMARTS) is 1. The number of alkyl halides is 2. The number of hydrogen-bond acceptors (Lipinski definition) is 4. The average molecular weight is 524 g/mol. The molecule has 0 aromatic heterocycles. The standard InChI is InChI=1S/C24H24BrF2NO5/c25-19-8-2-7-18(15-19)24(26,27)21(29)10-9-20-11-13-33-23(32)28(20)12-3-5-16-4-1-6-17(14-16)22(30)31/h1-2,4,6-10,14-15,20-21,29H,3,5,11-13H2,(H,30,31)/b10-9+/t20-,21+/m0/s1. The fraction of sp³-hybridized carbons (Fsp3) is 0.333. The van der Waals surface area contributed by atoms with Crippen LogP contribution in [0.3, 0.4) is 0 Å². The number of ether oxygens (including phenoxy) is 1. The van der Waals surface area contributed by atoms with Crippen LogP contribution in [0.25, 0.3) is 0 Å². The molecule has 33 heavy (non-hydrogen) atoms. The predicted molar refractivity (Wildman–Crippen MR) is 121 cm³/mol. The first-order valence-corrected chi connectivity index (χ1v) is 11.2. The van der Waals surface area contributed by atoms with Crippen molar-refractivity contribution < 1.29 is 33.3 Å². The first-order valence-electron chi connectivity index (χ1n) is 10.4. The number of cyclic esters (lactones) is 1. The number of aliphatic hydroxyl groups excluding tert-OH is 1. The van der Waals surface area contributed by atoms with E-state index in [1.807, 2.05) is 0 Å². The summed E-state index contributed by atoms with van der Waals surface area (Å²) < 4.78 is 34.9. The first-order chi connectivity index (χ1) is 15.7. The van der Waals surface area contributed by atoms with Crippen LogP contribution in [0.15, 0.2) is 65.2 Å². The van der Waals surface area contributed by atoms with E-state index in [4.69, 9.17) is 9.84 Å². The van der Waals surface area contributed by atoms with E-state index in [0.29, 0.717) is 30.3 Å². The van der Waals surface area contributed by atoms with Gasteiger partial charge in [0, 0.05) is 23.0 Å². The second-order valence-electron chi connectivity index (χ2n) is 7.74. The number of carboxylic acids is 1. The number of aromatic carboxylic acids is 1. The normalized spacial score (nSPS) is 17.8. The Hall–Kier alpha value is -2.78. The van der Waals surface area contributed by atoms with Crippen LogP contribution >= 0.6 is 15.9 Å². The molecule has 2 aromatic carbocycles. The van der Waals surface area contributed by atoms with Gasteiger partial charge in [-0.1, -0.05) is 52.3 Å².